The molecule has 0 saturated heterocycles. The second kappa shape index (κ2) is 8.29. The Labute approximate surface area is 172 Å². The Kier molecular flexibility index (Phi) is 5.39. The molecule has 0 fully saturated rings. The molecule has 150 valence electrons. The minimum atomic E-state index is -0.761. The zero-order chi connectivity index (χ0) is 21.1. The van der Waals surface area contributed by atoms with Crippen LogP contribution in [0.5, 0.6) is 0 Å². The van der Waals surface area contributed by atoms with Crippen LogP contribution in [0.3, 0.4) is 0 Å². The van der Waals surface area contributed by atoms with Gasteiger partial charge in [0, 0.05) is 17.3 Å². The van der Waals surface area contributed by atoms with E-state index < -0.39 is 29.5 Å². The van der Waals surface area contributed by atoms with Crippen LogP contribution in [0.25, 0.3) is 6.08 Å². The van der Waals surface area contributed by atoms with Crippen molar-refractivity contribution < 1.29 is 18.4 Å². The van der Waals surface area contributed by atoms with E-state index in [-0.39, 0.29) is 6.54 Å². The summed E-state index contributed by atoms with van der Waals surface area (Å²) in [7, 11) is 0. The fourth-order valence-corrected chi connectivity index (χ4v) is 3.51. The summed E-state index contributed by atoms with van der Waals surface area (Å²) in [5, 5.41) is 2.72. The third kappa shape index (κ3) is 4.12. The summed E-state index contributed by atoms with van der Waals surface area (Å²) in [6, 6.07) is 18.1. The first-order valence-electron chi connectivity index (χ1n) is 9.40. The topological polar surface area (TPSA) is 49.4 Å². The summed E-state index contributed by atoms with van der Waals surface area (Å²) < 4.78 is 27.6. The molecule has 0 unspecified atom stereocenters. The van der Waals surface area contributed by atoms with E-state index >= 15 is 0 Å². The number of hydrogen-bond acceptors (Lipinski definition) is 2. The maximum absolute atomic E-state index is 14.1. The Hall–Kier alpha value is -3.80. The van der Waals surface area contributed by atoms with Crippen LogP contribution >= 0.6 is 0 Å². The number of hydrogen-bond donors (Lipinski definition) is 1. The number of halogens is 2. The van der Waals surface area contributed by atoms with Gasteiger partial charge >= 0.3 is 0 Å². The van der Waals surface area contributed by atoms with Gasteiger partial charge in [-0.2, -0.15) is 0 Å². The van der Waals surface area contributed by atoms with Crippen molar-refractivity contribution in [1.29, 1.82) is 0 Å². The average Bonchev–Trinajstić information content (AvgIpc) is 2.89. The van der Waals surface area contributed by atoms with Gasteiger partial charge in [0.25, 0.3) is 0 Å². The molecule has 1 heterocycles. The Morgan fingerprint density at radius 3 is 2.40 bits per heavy atom. The van der Waals surface area contributed by atoms with Crippen LogP contribution in [-0.4, -0.2) is 23.3 Å². The molecular formula is C24H18F2N2O2. The SMILES string of the molecule is O=C1CN(C(=O)/C=C/c2ccccc2)[C@H](c2ccc(F)cc2)c2cc(F)ccc2N1. The number of nitrogens with zero attached hydrogens (tertiary/aromatic N) is 1. The molecule has 30 heavy (non-hydrogen) atoms. The Morgan fingerprint density at radius 2 is 1.67 bits per heavy atom. The number of carbonyl (C=O) groups excluding carboxylic acids is 2. The number of anilines is 1. The van der Waals surface area contributed by atoms with Gasteiger partial charge < -0.3 is 10.2 Å². The highest BCUT2D eigenvalue weighted by Crippen LogP contribution is 2.36. The summed E-state index contributed by atoms with van der Waals surface area (Å²) in [6.45, 7) is -0.226. The maximum atomic E-state index is 14.1. The minimum Gasteiger partial charge on any atom is -0.324 e. The van der Waals surface area contributed by atoms with Crippen LogP contribution in [-0.2, 0) is 9.59 Å². The van der Waals surface area contributed by atoms with Gasteiger partial charge in [-0.1, -0.05) is 42.5 Å². The lowest BCUT2D eigenvalue weighted by atomic mass is 9.95. The van der Waals surface area contributed by atoms with Crippen molar-refractivity contribution in [2.45, 2.75) is 6.04 Å². The van der Waals surface area contributed by atoms with Crippen molar-refractivity contribution in [2.75, 3.05) is 11.9 Å². The van der Waals surface area contributed by atoms with Gasteiger partial charge in [-0.15, -0.1) is 0 Å². The lowest BCUT2D eigenvalue weighted by molar-refractivity contribution is -0.131. The molecule has 4 rings (SSSR count). The predicted octanol–water partition coefficient (Wildman–Crippen LogP) is 4.55. The number of carbonyl (C=O) groups is 2. The second-order valence-electron chi connectivity index (χ2n) is 6.94. The second-order valence-corrected chi connectivity index (χ2v) is 6.94. The van der Waals surface area contributed by atoms with Crippen LogP contribution in [0, 0.1) is 11.6 Å². The van der Waals surface area contributed by atoms with Gasteiger partial charge in [-0.25, -0.2) is 8.78 Å². The summed E-state index contributed by atoms with van der Waals surface area (Å²) in [4.78, 5) is 26.9. The Bertz CT molecular complexity index is 1110. The van der Waals surface area contributed by atoms with Crippen molar-refractivity contribution in [3.63, 3.8) is 0 Å². The highest BCUT2D eigenvalue weighted by Gasteiger charge is 2.32. The molecule has 0 aliphatic carbocycles. The first kappa shape index (κ1) is 19.5. The molecule has 1 aliphatic heterocycles. The zero-order valence-electron chi connectivity index (χ0n) is 15.9. The van der Waals surface area contributed by atoms with Crippen LogP contribution in [0.2, 0.25) is 0 Å². The van der Waals surface area contributed by atoms with Gasteiger partial charge in [0.1, 0.15) is 18.2 Å². The highest BCUT2D eigenvalue weighted by atomic mass is 19.1. The van der Waals surface area contributed by atoms with E-state index in [2.05, 4.69) is 5.32 Å². The fraction of sp³-hybridized carbons (Fsp3) is 0.0833. The normalized spacial score (nSPS) is 16.1. The van der Waals surface area contributed by atoms with E-state index in [1.807, 2.05) is 30.3 Å². The Morgan fingerprint density at radius 1 is 0.967 bits per heavy atom. The standard InChI is InChI=1S/C24H18F2N2O2/c25-18-9-7-17(8-10-18)24-20-14-19(26)11-12-21(20)27-22(29)15-28(24)23(30)13-6-16-4-2-1-3-5-16/h1-14,24H,15H2,(H,27,29)/b13-6+/t24-/m1/s1. The van der Waals surface area contributed by atoms with Gasteiger partial charge in [0.05, 0.1) is 6.04 Å². The average molecular weight is 404 g/mol. The van der Waals surface area contributed by atoms with Gasteiger partial charge in [-0.05, 0) is 47.5 Å². The lowest BCUT2D eigenvalue weighted by Crippen LogP contribution is -2.38. The molecule has 1 aliphatic rings. The molecule has 0 spiro atoms. The highest BCUT2D eigenvalue weighted by molar-refractivity contribution is 6.00. The quantitative estimate of drug-likeness (QED) is 0.651. The monoisotopic (exact) mass is 404 g/mol. The van der Waals surface area contributed by atoms with Crippen LogP contribution in [0.4, 0.5) is 14.5 Å². The number of benzene rings is 3. The van der Waals surface area contributed by atoms with E-state index in [4.69, 9.17) is 0 Å². The van der Waals surface area contributed by atoms with Gasteiger partial charge in [-0.3, -0.25) is 9.59 Å². The largest absolute Gasteiger partial charge is 0.324 e. The Balaban J connectivity index is 1.79. The van der Waals surface area contributed by atoms with Crippen molar-refractivity contribution in [2.24, 2.45) is 0 Å². The van der Waals surface area contributed by atoms with Gasteiger partial charge in [0.15, 0.2) is 0 Å². The number of fused-ring (bicyclic) bond motifs is 1. The summed E-state index contributed by atoms with van der Waals surface area (Å²) >= 11 is 0. The molecule has 6 heteroatoms. The van der Waals surface area contributed by atoms with E-state index in [0.717, 1.165) is 5.56 Å². The van der Waals surface area contributed by atoms with Crippen molar-refractivity contribution in [3.05, 3.63) is 107 Å². The molecule has 2 amide bonds. The molecule has 1 N–H and O–H groups in total. The van der Waals surface area contributed by atoms with Crippen molar-refractivity contribution in [1.82, 2.24) is 4.90 Å². The van der Waals surface area contributed by atoms with Crippen LogP contribution in [0.15, 0.2) is 78.9 Å². The molecule has 0 saturated carbocycles. The first-order valence-corrected chi connectivity index (χ1v) is 9.40. The van der Waals surface area contributed by atoms with Crippen LogP contribution in [0.1, 0.15) is 22.7 Å². The summed E-state index contributed by atoms with van der Waals surface area (Å²) in [6.07, 6.45) is 3.03. The van der Waals surface area contributed by atoms with E-state index in [0.29, 0.717) is 16.8 Å². The lowest BCUT2D eigenvalue weighted by Gasteiger charge is -2.29. The molecule has 0 radical (unpaired) electrons. The molecule has 1 atom stereocenters. The zero-order valence-corrected chi connectivity index (χ0v) is 15.9. The smallest absolute Gasteiger partial charge is 0.247 e. The third-order valence-corrected chi connectivity index (χ3v) is 4.89. The van der Waals surface area contributed by atoms with E-state index in [1.54, 1.807) is 6.08 Å². The molecule has 0 aromatic heterocycles. The van der Waals surface area contributed by atoms with Crippen molar-refractivity contribution in [3.8, 4) is 0 Å². The molecule has 4 nitrogen and oxygen atoms in total. The molecule has 0 bridgehead atoms. The number of amides is 2. The molecule has 3 aromatic carbocycles. The van der Waals surface area contributed by atoms with Crippen molar-refractivity contribution >= 4 is 23.6 Å². The maximum Gasteiger partial charge on any atom is 0.247 e. The number of nitrogens with one attached hydrogen (secondary N) is 1. The van der Waals surface area contributed by atoms with E-state index in [1.165, 1.54) is 53.4 Å². The molecule has 3 aromatic rings. The number of rotatable bonds is 3. The molecular weight excluding hydrogens is 386 g/mol. The predicted molar refractivity (Wildman–Crippen MR) is 110 cm³/mol. The summed E-state index contributed by atoms with van der Waals surface area (Å²) in [5.41, 5.74) is 2.24. The third-order valence-electron chi connectivity index (χ3n) is 4.89. The van der Waals surface area contributed by atoms with Crippen LogP contribution < -0.4 is 5.32 Å². The van der Waals surface area contributed by atoms with Gasteiger partial charge in [0.2, 0.25) is 11.8 Å². The fourth-order valence-electron chi connectivity index (χ4n) is 3.51. The first-order chi connectivity index (χ1) is 14.5. The van der Waals surface area contributed by atoms with E-state index in [9.17, 15) is 18.4 Å². The minimum absolute atomic E-state index is 0.226. The summed E-state index contributed by atoms with van der Waals surface area (Å²) in [5.74, 6) is -1.73.